The Morgan fingerprint density at radius 1 is 1.37 bits per heavy atom. The second kappa shape index (κ2) is 6.25. The Morgan fingerprint density at radius 2 is 2.00 bits per heavy atom. The highest BCUT2D eigenvalue weighted by molar-refractivity contribution is 6.31. The lowest BCUT2D eigenvalue weighted by Crippen LogP contribution is -2.39. The average Bonchev–Trinajstić information content (AvgIpc) is 2.65. The molecule has 0 amide bonds. The van der Waals surface area contributed by atoms with Crippen molar-refractivity contribution in [3.05, 3.63) is 16.4 Å². The van der Waals surface area contributed by atoms with Gasteiger partial charge in [-0.25, -0.2) is 0 Å². The first kappa shape index (κ1) is 14.8. The predicted octanol–water partition coefficient (Wildman–Crippen LogP) is 2.34. The van der Waals surface area contributed by atoms with E-state index in [1.165, 1.54) is 25.7 Å². The Hall–Kier alpha value is -0.580. The molecule has 1 aromatic rings. The molecule has 1 aromatic heterocycles. The van der Waals surface area contributed by atoms with Gasteiger partial charge >= 0.3 is 0 Å². The zero-order valence-electron chi connectivity index (χ0n) is 12.4. The van der Waals surface area contributed by atoms with Crippen molar-refractivity contribution in [1.29, 1.82) is 0 Å². The van der Waals surface area contributed by atoms with Crippen LogP contribution in [0.5, 0.6) is 0 Å². The SMILES string of the molecule is CNC1CCC(N(C)Cc2c(Cl)c(C)nn2C)CC1. The second-order valence-electron chi connectivity index (χ2n) is 5.68. The number of nitrogens with zero attached hydrogens (tertiary/aromatic N) is 3. The van der Waals surface area contributed by atoms with Gasteiger partial charge in [-0.2, -0.15) is 5.10 Å². The van der Waals surface area contributed by atoms with Crippen LogP contribution in [0.4, 0.5) is 0 Å². The minimum absolute atomic E-state index is 0.663. The lowest BCUT2D eigenvalue weighted by atomic mass is 9.90. The highest BCUT2D eigenvalue weighted by atomic mass is 35.5. The normalized spacial score (nSPS) is 24.1. The molecule has 0 bridgehead atoms. The number of aryl methyl sites for hydroxylation is 2. The fourth-order valence-electron chi connectivity index (χ4n) is 3.02. The molecule has 4 nitrogen and oxygen atoms in total. The van der Waals surface area contributed by atoms with Crippen LogP contribution in [0, 0.1) is 6.92 Å². The van der Waals surface area contributed by atoms with Crippen LogP contribution in [-0.4, -0.2) is 40.9 Å². The zero-order valence-corrected chi connectivity index (χ0v) is 13.2. The standard InChI is InChI=1S/C14H25ClN4/c1-10-14(15)13(19(4)17-10)9-18(3)12-7-5-11(16-2)6-8-12/h11-12,16H,5-9H2,1-4H3. The summed E-state index contributed by atoms with van der Waals surface area (Å²) in [6.07, 6.45) is 5.06. The molecule has 1 aliphatic carbocycles. The summed E-state index contributed by atoms with van der Waals surface area (Å²) >= 11 is 6.32. The van der Waals surface area contributed by atoms with Gasteiger partial charge in [-0.1, -0.05) is 11.6 Å². The van der Waals surface area contributed by atoms with E-state index in [0.717, 1.165) is 23.0 Å². The smallest absolute Gasteiger partial charge is 0.0860 e. The van der Waals surface area contributed by atoms with Crippen LogP contribution in [0.25, 0.3) is 0 Å². The van der Waals surface area contributed by atoms with Crippen molar-refractivity contribution in [1.82, 2.24) is 20.0 Å². The maximum atomic E-state index is 6.32. The van der Waals surface area contributed by atoms with Crippen LogP contribution in [0.1, 0.15) is 37.1 Å². The highest BCUT2D eigenvalue weighted by Crippen LogP contribution is 2.26. The molecule has 19 heavy (non-hydrogen) atoms. The summed E-state index contributed by atoms with van der Waals surface area (Å²) in [5.41, 5.74) is 2.05. The summed E-state index contributed by atoms with van der Waals surface area (Å²) in [5.74, 6) is 0. The van der Waals surface area contributed by atoms with Gasteiger partial charge in [0, 0.05) is 25.7 Å². The molecule has 0 radical (unpaired) electrons. The van der Waals surface area contributed by atoms with Gasteiger partial charge in [0.25, 0.3) is 0 Å². The lowest BCUT2D eigenvalue weighted by Gasteiger charge is -2.34. The summed E-state index contributed by atoms with van der Waals surface area (Å²) in [5, 5.41) is 8.58. The first-order valence-corrected chi connectivity index (χ1v) is 7.46. The van der Waals surface area contributed by atoms with Gasteiger partial charge < -0.3 is 5.32 Å². The number of aromatic nitrogens is 2. The number of hydrogen-bond donors (Lipinski definition) is 1. The topological polar surface area (TPSA) is 33.1 Å². The summed E-state index contributed by atoms with van der Waals surface area (Å²) in [6.45, 7) is 2.84. The molecule has 108 valence electrons. The van der Waals surface area contributed by atoms with Crippen molar-refractivity contribution in [2.24, 2.45) is 7.05 Å². The summed E-state index contributed by atoms with van der Waals surface area (Å²) < 4.78 is 1.91. The van der Waals surface area contributed by atoms with E-state index >= 15 is 0 Å². The van der Waals surface area contributed by atoms with Gasteiger partial charge in [0.1, 0.15) is 0 Å². The predicted molar refractivity (Wildman–Crippen MR) is 79.5 cm³/mol. The molecule has 1 fully saturated rings. The van der Waals surface area contributed by atoms with E-state index in [9.17, 15) is 0 Å². The van der Waals surface area contributed by atoms with Gasteiger partial charge in [0.05, 0.1) is 16.4 Å². The molecular formula is C14H25ClN4. The maximum Gasteiger partial charge on any atom is 0.0860 e. The molecule has 0 saturated heterocycles. The van der Waals surface area contributed by atoms with Crippen LogP contribution in [0.3, 0.4) is 0 Å². The second-order valence-corrected chi connectivity index (χ2v) is 6.06. The Kier molecular flexibility index (Phi) is 4.87. The van der Waals surface area contributed by atoms with E-state index in [1.807, 2.05) is 18.7 Å². The fraction of sp³-hybridized carbons (Fsp3) is 0.786. The van der Waals surface area contributed by atoms with E-state index in [1.54, 1.807) is 0 Å². The third kappa shape index (κ3) is 3.30. The van der Waals surface area contributed by atoms with Gasteiger partial charge in [0.2, 0.25) is 0 Å². The molecule has 1 aliphatic rings. The molecule has 0 aliphatic heterocycles. The minimum Gasteiger partial charge on any atom is -0.317 e. The van der Waals surface area contributed by atoms with Crippen molar-refractivity contribution in [2.75, 3.05) is 14.1 Å². The van der Waals surface area contributed by atoms with Crippen molar-refractivity contribution in [3.63, 3.8) is 0 Å². The Morgan fingerprint density at radius 3 is 2.47 bits per heavy atom. The number of rotatable bonds is 4. The number of halogens is 1. The van der Waals surface area contributed by atoms with E-state index in [2.05, 4.69) is 29.4 Å². The Balaban J connectivity index is 1.96. The quantitative estimate of drug-likeness (QED) is 0.921. The van der Waals surface area contributed by atoms with Crippen LogP contribution >= 0.6 is 11.6 Å². The molecule has 0 aromatic carbocycles. The van der Waals surface area contributed by atoms with Crippen molar-refractivity contribution < 1.29 is 0 Å². The molecule has 5 heteroatoms. The highest BCUT2D eigenvalue weighted by Gasteiger charge is 2.24. The first-order chi connectivity index (χ1) is 9.02. The number of hydrogen-bond acceptors (Lipinski definition) is 3. The average molecular weight is 285 g/mol. The molecule has 0 atom stereocenters. The summed E-state index contributed by atoms with van der Waals surface area (Å²) in [6, 6.07) is 1.36. The van der Waals surface area contributed by atoms with Crippen LogP contribution < -0.4 is 5.32 Å². The van der Waals surface area contributed by atoms with E-state index < -0.39 is 0 Å². The molecule has 0 unspecified atom stereocenters. The van der Waals surface area contributed by atoms with Crippen molar-refractivity contribution in [2.45, 2.75) is 51.2 Å². The van der Waals surface area contributed by atoms with Crippen LogP contribution in [0.2, 0.25) is 5.02 Å². The first-order valence-electron chi connectivity index (χ1n) is 7.08. The molecule has 0 spiro atoms. The van der Waals surface area contributed by atoms with Gasteiger partial charge in [-0.3, -0.25) is 9.58 Å². The zero-order chi connectivity index (χ0) is 14.0. The van der Waals surface area contributed by atoms with Crippen LogP contribution in [-0.2, 0) is 13.6 Å². The fourth-order valence-corrected chi connectivity index (χ4v) is 3.24. The largest absolute Gasteiger partial charge is 0.317 e. The van der Waals surface area contributed by atoms with E-state index in [4.69, 9.17) is 11.6 Å². The van der Waals surface area contributed by atoms with Crippen molar-refractivity contribution >= 4 is 11.6 Å². The monoisotopic (exact) mass is 284 g/mol. The summed E-state index contributed by atoms with van der Waals surface area (Å²) in [4.78, 5) is 2.42. The van der Waals surface area contributed by atoms with Gasteiger partial charge in [0.15, 0.2) is 0 Å². The molecule has 1 saturated carbocycles. The Labute approximate surface area is 121 Å². The third-order valence-corrected chi connectivity index (χ3v) is 4.88. The molecule has 1 heterocycles. The molecule has 1 N–H and O–H groups in total. The summed E-state index contributed by atoms with van der Waals surface area (Å²) in [7, 11) is 6.23. The van der Waals surface area contributed by atoms with Crippen LogP contribution in [0.15, 0.2) is 0 Å². The number of nitrogens with one attached hydrogen (secondary N) is 1. The minimum atomic E-state index is 0.663. The molecule has 2 rings (SSSR count). The molecular weight excluding hydrogens is 260 g/mol. The van der Waals surface area contributed by atoms with Gasteiger partial charge in [-0.05, 0) is 46.7 Å². The lowest BCUT2D eigenvalue weighted by molar-refractivity contribution is 0.167. The Bertz CT molecular complexity index is 421. The van der Waals surface area contributed by atoms with E-state index in [0.29, 0.717) is 12.1 Å². The van der Waals surface area contributed by atoms with E-state index in [-0.39, 0.29) is 0 Å². The van der Waals surface area contributed by atoms with Gasteiger partial charge in [-0.15, -0.1) is 0 Å². The maximum absolute atomic E-state index is 6.32. The third-order valence-electron chi connectivity index (χ3n) is 4.39. The van der Waals surface area contributed by atoms with Crippen molar-refractivity contribution in [3.8, 4) is 0 Å².